The Morgan fingerprint density at radius 2 is 0.986 bits per heavy atom. The molecule has 4 aromatic carbocycles. The van der Waals surface area contributed by atoms with Crippen molar-refractivity contribution < 1.29 is 43.6 Å². The highest BCUT2D eigenvalue weighted by Crippen LogP contribution is 2.43. The van der Waals surface area contributed by atoms with Crippen LogP contribution in [0.1, 0.15) is 237 Å². The first-order chi connectivity index (χ1) is 35.2. The number of aryl methyl sites for hydroxylation is 1. The smallest absolute Gasteiger partial charge is 0.356 e. The van der Waals surface area contributed by atoms with Gasteiger partial charge in [-0.05, 0) is 69.6 Å². The van der Waals surface area contributed by atoms with Gasteiger partial charge in [0.25, 0.3) is 0 Å². The molecular weight excluding hydrogens is 920 g/mol. The maximum atomic E-state index is 13.1. The number of hydrogen-bond donors (Lipinski definition) is 4. The van der Waals surface area contributed by atoms with Crippen molar-refractivity contribution in [3.63, 3.8) is 0 Å². The molecule has 0 aliphatic carbocycles. The van der Waals surface area contributed by atoms with Crippen molar-refractivity contribution in [3.8, 4) is 0 Å². The second-order valence-electron chi connectivity index (χ2n) is 21.1. The second kappa shape index (κ2) is 38.5. The third-order valence-corrected chi connectivity index (χ3v) is 15.9. The normalized spacial score (nSPS) is 13.5. The van der Waals surface area contributed by atoms with Gasteiger partial charge in [0, 0.05) is 6.42 Å². The van der Waals surface area contributed by atoms with Gasteiger partial charge >= 0.3 is 13.6 Å². The maximum absolute atomic E-state index is 13.1. The summed E-state index contributed by atoms with van der Waals surface area (Å²) in [6.07, 6.45) is 47.4. The first-order valence-electron chi connectivity index (χ1n) is 29.3. The minimum Gasteiger partial charge on any atom is -0.498 e. The third kappa shape index (κ3) is 25.5. The van der Waals surface area contributed by atoms with Gasteiger partial charge in [-0.15, -0.1) is 0 Å². The van der Waals surface area contributed by atoms with Crippen molar-refractivity contribution >= 4 is 45.9 Å². The lowest BCUT2D eigenvalue weighted by Gasteiger charge is -2.25. The molecule has 9 nitrogen and oxygen atoms in total. The topological polar surface area (TPSA) is 143 Å². The Balaban J connectivity index is 0.958. The van der Waals surface area contributed by atoms with E-state index in [4.69, 9.17) is 14.2 Å². The molecule has 2 unspecified atom stereocenters. The fourth-order valence-electron chi connectivity index (χ4n) is 10.5. The van der Waals surface area contributed by atoms with Crippen LogP contribution in [0.4, 0.5) is 0 Å². The van der Waals surface area contributed by atoms with Crippen LogP contribution in [0.5, 0.6) is 0 Å². The molecule has 0 spiro atoms. The summed E-state index contributed by atoms with van der Waals surface area (Å²) in [5.41, 5.74) is 1.14. The van der Waals surface area contributed by atoms with E-state index >= 15 is 0 Å². The predicted molar refractivity (Wildman–Crippen MR) is 301 cm³/mol. The lowest BCUT2D eigenvalue weighted by atomic mass is 9.90. The number of carbonyl (C=O) groups is 1. The van der Waals surface area contributed by atoms with Gasteiger partial charge < -0.3 is 34.2 Å². The van der Waals surface area contributed by atoms with E-state index in [9.17, 15) is 29.4 Å². The Morgan fingerprint density at radius 1 is 0.556 bits per heavy atom. The number of carbonyl (C=O) groups excluding carboxylic acids is 1. The predicted octanol–water partition coefficient (Wildman–Crippen LogP) is 17.1. The van der Waals surface area contributed by atoms with Crippen molar-refractivity contribution in [2.45, 2.75) is 256 Å². The molecule has 0 amide bonds. The Hall–Kier alpha value is -3.04. The summed E-state index contributed by atoms with van der Waals surface area (Å²) < 4.78 is 28.8. The molecule has 0 heterocycles. The fraction of sp³-hybridized carbons (Fsp3) is 0.694. The Bertz CT molecular complexity index is 2030. The van der Waals surface area contributed by atoms with Gasteiger partial charge in [-0.25, -0.2) is 0 Å². The van der Waals surface area contributed by atoms with E-state index in [1.165, 1.54) is 225 Å². The van der Waals surface area contributed by atoms with E-state index in [2.05, 4.69) is 61.5 Å². The molecule has 0 fully saturated rings. The summed E-state index contributed by atoms with van der Waals surface area (Å²) in [5, 5.41) is 26.6. The van der Waals surface area contributed by atoms with Gasteiger partial charge in [0.2, 0.25) is 0 Å². The molecule has 3 atom stereocenters. The highest BCUT2D eigenvalue weighted by atomic mass is 31.2. The highest BCUT2D eigenvalue weighted by Gasteiger charge is 2.37. The number of esters is 1. The summed E-state index contributed by atoms with van der Waals surface area (Å²) in [5.74, 6) is -2.46. The monoisotopic (exact) mass is 1020 g/mol. The summed E-state index contributed by atoms with van der Waals surface area (Å²) in [6, 6.07) is 19.2. The Labute approximate surface area is 436 Å². The van der Waals surface area contributed by atoms with Crippen molar-refractivity contribution in [1.29, 1.82) is 0 Å². The van der Waals surface area contributed by atoms with E-state index in [0.717, 1.165) is 24.8 Å². The molecule has 0 saturated heterocycles. The van der Waals surface area contributed by atoms with E-state index < -0.39 is 44.8 Å². The number of benzene rings is 4. The van der Waals surface area contributed by atoms with Crippen LogP contribution in [-0.2, 0) is 30.0 Å². The number of aliphatic hydroxyl groups is 2. The number of unbranched alkanes of at least 4 members (excludes halogenated alkanes) is 32. The standard InChI is InChI=1S/C62H99O9P/c1-2-3-4-5-6-7-8-9-10-11-12-13-14-15-16-17-18-19-20-21-22-23-24-25-26-27-28-29-30-31-32-33-34-35-48-69-50-56(51-70-62(58(64)49-63)72(66,67)68)71-59(65)41-37-38-52-42-43-55-45-44-53-39-36-40-54-46-47-57(52)61(55)60(53)54/h35-36,39-40,42-48,56,58,62-64H,2-34,37-38,41,49-51H2,1H3,(H2,66,67,68)/t56-,58?,62?/m1/s1. The molecule has 4 N–H and O–H groups in total. The SMILES string of the molecule is CCCCCCCCCCCCCCCCCCCCCCCCCCCCCCCCCCC=COC[C@H](COC(C(O)CO)P(=O)(O)O)OC(=O)CCCc1ccc2ccc3cccc4ccc1c2c34. The molecule has 0 aliphatic rings. The minimum atomic E-state index is -4.94. The van der Waals surface area contributed by atoms with Gasteiger partial charge in [0.05, 0.1) is 19.5 Å². The summed E-state index contributed by atoms with van der Waals surface area (Å²) >= 11 is 0. The van der Waals surface area contributed by atoms with E-state index in [-0.39, 0.29) is 13.0 Å². The third-order valence-electron chi connectivity index (χ3n) is 14.7. The first-order valence-corrected chi connectivity index (χ1v) is 31.0. The number of ether oxygens (including phenoxy) is 3. The summed E-state index contributed by atoms with van der Waals surface area (Å²) in [4.78, 5) is 32.6. The molecule has 0 bridgehead atoms. The van der Waals surface area contributed by atoms with Crippen LogP contribution in [0, 0.1) is 0 Å². The van der Waals surface area contributed by atoms with E-state index in [1.54, 1.807) is 6.26 Å². The largest absolute Gasteiger partial charge is 0.498 e. The molecule has 4 aromatic rings. The molecule has 0 aromatic heterocycles. The summed E-state index contributed by atoms with van der Waals surface area (Å²) in [7, 11) is -4.94. The zero-order valence-electron chi connectivity index (χ0n) is 44.9. The average Bonchev–Trinajstić information content (AvgIpc) is 3.37. The van der Waals surface area contributed by atoms with Crippen LogP contribution in [0.3, 0.4) is 0 Å². The van der Waals surface area contributed by atoms with E-state index in [1.807, 2.05) is 6.08 Å². The van der Waals surface area contributed by atoms with Crippen molar-refractivity contribution in [2.24, 2.45) is 0 Å². The zero-order chi connectivity index (χ0) is 51.3. The van der Waals surface area contributed by atoms with Gasteiger partial charge in [0.1, 0.15) is 12.7 Å². The lowest BCUT2D eigenvalue weighted by molar-refractivity contribution is -0.157. The molecule has 0 saturated carbocycles. The molecule has 0 radical (unpaired) electrons. The van der Waals surface area contributed by atoms with Crippen LogP contribution in [0.2, 0.25) is 0 Å². The van der Waals surface area contributed by atoms with Crippen LogP contribution in [0.15, 0.2) is 66.9 Å². The zero-order valence-corrected chi connectivity index (χ0v) is 45.8. The van der Waals surface area contributed by atoms with Crippen LogP contribution in [0.25, 0.3) is 32.3 Å². The van der Waals surface area contributed by atoms with Gasteiger partial charge in [-0.1, -0.05) is 261 Å². The fourth-order valence-corrected chi connectivity index (χ4v) is 11.3. The maximum Gasteiger partial charge on any atom is 0.356 e. The molecule has 72 heavy (non-hydrogen) atoms. The quantitative estimate of drug-likeness (QED) is 0.0112. The lowest BCUT2D eigenvalue weighted by Crippen LogP contribution is -2.36. The van der Waals surface area contributed by atoms with Crippen LogP contribution < -0.4 is 0 Å². The molecule has 10 heteroatoms. The van der Waals surface area contributed by atoms with Gasteiger partial charge in [-0.2, -0.15) is 0 Å². The number of hydrogen-bond acceptors (Lipinski definition) is 7. The van der Waals surface area contributed by atoms with Crippen LogP contribution >= 0.6 is 7.60 Å². The first kappa shape index (κ1) is 61.5. The number of aliphatic hydroxyl groups excluding tert-OH is 2. The van der Waals surface area contributed by atoms with Crippen molar-refractivity contribution in [1.82, 2.24) is 0 Å². The second-order valence-corrected chi connectivity index (χ2v) is 22.8. The highest BCUT2D eigenvalue weighted by molar-refractivity contribution is 7.52. The van der Waals surface area contributed by atoms with Gasteiger partial charge in [-0.3, -0.25) is 9.36 Å². The van der Waals surface area contributed by atoms with Crippen LogP contribution in [-0.4, -0.2) is 63.8 Å². The molecule has 0 aliphatic heterocycles. The van der Waals surface area contributed by atoms with Gasteiger partial charge in [0.15, 0.2) is 11.9 Å². The summed E-state index contributed by atoms with van der Waals surface area (Å²) in [6.45, 7) is 0.869. The van der Waals surface area contributed by atoms with Crippen molar-refractivity contribution in [3.05, 3.63) is 72.5 Å². The average molecular weight is 1020 g/mol. The molecule has 4 rings (SSSR count). The van der Waals surface area contributed by atoms with Crippen molar-refractivity contribution in [2.75, 3.05) is 19.8 Å². The number of allylic oxidation sites excluding steroid dienone is 1. The Morgan fingerprint density at radius 3 is 1.44 bits per heavy atom. The molecular formula is C62H99O9P. The number of rotatable bonds is 47. The Kier molecular flexibility index (Phi) is 32.9. The molecule has 406 valence electrons. The van der Waals surface area contributed by atoms with E-state index in [0.29, 0.717) is 12.8 Å². The minimum absolute atomic E-state index is 0.0972.